The van der Waals surface area contributed by atoms with E-state index in [1.807, 2.05) is 0 Å². The summed E-state index contributed by atoms with van der Waals surface area (Å²) in [4.78, 5) is 13.8. The molecule has 86 valence electrons. The molecular weight excluding hydrogens is 186 g/mol. The quantitative estimate of drug-likeness (QED) is 0.697. The van der Waals surface area contributed by atoms with Crippen molar-refractivity contribution in [2.45, 2.75) is 64.0 Å². The monoisotopic (exact) mass is 209 g/mol. The van der Waals surface area contributed by atoms with Crippen LogP contribution in [0.2, 0.25) is 0 Å². The summed E-state index contributed by atoms with van der Waals surface area (Å²) in [5, 5.41) is 0. The molecule has 2 rings (SSSR count). The molecule has 2 fully saturated rings. The van der Waals surface area contributed by atoms with Crippen molar-refractivity contribution in [1.82, 2.24) is 4.90 Å². The lowest BCUT2D eigenvalue weighted by molar-refractivity contribution is -0.117. The molecule has 15 heavy (non-hydrogen) atoms. The van der Waals surface area contributed by atoms with Gasteiger partial charge in [-0.05, 0) is 45.1 Å². The van der Waals surface area contributed by atoms with Gasteiger partial charge in [0.05, 0.1) is 0 Å². The molecule has 0 aromatic carbocycles. The molecular formula is C13H23NO. The fraction of sp³-hybridized carbons (Fsp3) is 0.923. The molecule has 0 N–H and O–H groups in total. The maximum atomic E-state index is 11.3. The van der Waals surface area contributed by atoms with E-state index < -0.39 is 0 Å². The average Bonchev–Trinajstić information content (AvgIpc) is 2.65. The Bertz CT molecular complexity index is 231. The molecule has 0 saturated heterocycles. The van der Waals surface area contributed by atoms with E-state index in [9.17, 15) is 4.79 Å². The lowest BCUT2D eigenvalue weighted by Gasteiger charge is -2.36. The maximum Gasteiger partial charge on any atom is 0.134 e. The number of nitrogens with zero attached hydrogens (tertiary/aromatic N) is 1. The fourth-order valence-corrected chi connectivity index (χ4v) is 3.09. The van der Waals surface area contributed by atoms with Crippen molar-refractivity contribution in [2.24, 2.45) is 5.92 Å². The lowest BCUT2D eigenvalue weighted by Crippen LogP contribution is -2.41. The first-order chi connectivity index (χ1) is 7.16. The van der Waals surface area contributed by atoms with Crippen LogP contribution < -0.4 is 0 Å². The van der Waals surface area contributed by atoms with Crippen molar-refractivity contribution < 1.29 is 4.79 Å². The molecule has 2 nitrogen and oxygen atoms in total. The number of Topliss-reactive ketones (excluding diaryl/α,β-unsaturated/α-hetero) is 1. The van der Waals surface area contributed by atoms with Gasteiger partial charge in [0.1, 0.15) is 5.78 Å². The summed E-state index contributed by atoms with van der Waals surface area (Å²) in [5.74, 6) is 1.39. The van der Waals surface area contributed by atoms with E-state index in [1.54, 1.807) is 0 Å². The number of carbonyl (C=O) groups excluding carboxylic acids is 1. The van der Waals surface area contributed by atoms with Crippen molar-refractivity contribution in [1.29, 1.82) is 0 Å². The second-order valence-electron chi connectivity index (χ2n) is 5.51. The molecule has 0 bridgehead atoms. The van der Waals surface area contributed by atoms with Crippen LogP contribution >= 0.6 is 0 Å². The molecule has 0 heterocycles. The van der Waals surface area contributed by atoms with Gasteiger partial charge < -0.3 is 4.90 Å². The molecule has 2 saturated carbocycles. The second kappa shape index (κ2) is 4.65. The summed E-state index contributed by atoms with van der Waals surface area (Å²) in [6.07, 6.45) is 8.14. The van der Waals surface area contributed by atoms with Crippen LogP contribution in [0.3, 0.4) is 0 Å². The van der Waals surface area contributed by atoms with Crippen LogP contribution in [0.1, 0.15) is 51.9 Å². The molecule has 0 aromatic heterocycles. The van der Waals surface area contributed by atoms with Crippen molar-refractivity contribution in [2.75, 3.05) is 7.05 Å². The Balaban J connectivity index is 1.85. The first-order valence-corrected chi connectivity index (χ1v) is 6.40. The standard InChI is InChI=1S/C13H23NO/c1-10-3-5-11(6-4-10)14(2)12-7-8-13(15)9-12/h10-12H,3-9H2,1-2H3. The summed E-state index contributed by atoms with van der Waals surface area (Å²) in [7, 11) is 2.23. The van der Waals surface area contributed by atoms with Gasteiger partial charge in [0.2, 0.25) is 0 Å². The lowest BCUT2D eigenvalue weighted by atomic mass is 9.86. The topological polar surface area (TPSA) is 20.3 Å². The molecule has 1 atom stereocenters. The molecule has 0 aliphatic heterocycles. The first kappa shape index (κ1) is 11.1. The van der Waals surface area contributed by atoms with E-state index in [2.05, 4.69) is 18.9 Å². The molecule has 2 heteroatoms. The van der Waals surface area contributed by atoms with Gasteiger partial charge in [-0.3, -0.25) is 4.79 Å². The normalized spacial score (nSPS) is 37.5. The zero-order valence-electron chi connectivity index (χ0n) is 10.0. The van der Waals surface area contributed by atoms with Gasteiger partial charge in [-0.15, -0.1) is 0 Å². The summed E-state index contributed by atoms with van der Waals surface area (Å²) in [5.41, 5.74) is 0. The van der Waals surface area contributed by atoms with Gasteiger partial charge in [0.15, 0.2) is 0 Å². The van der Waals surface area contributed by atoms with Crippen LogP contribution in [-0.2, 0) is 4.79 Å². The highest BCUT2D eigenvalue weighted by Crippen LogP contribution is 2.30. The van der Waals surface area contributed by atoms with Crippen LogP contribution in [0, 0.1) is 5.92 Å². The van der Waals surface area contributed by atoms with Crippen molar-refractivity contribution in [3.63, 3.8) is 0 Å². The van der Waals surface area contributed by atoms with E-state index >= 15 is 0 Å². The minimum Gasteiger partial charge on any atom is -0.300 e. The summed E-state index contributed by atoms with van der Waals surface area (Å²) in [6, 6.07) is 1.30. The molecule has 0 amide bonds. The highest BCUT2D eigenvalue weighted by atomic mass is 16.1. The van der Waals surface area contributed by atoms with E-state index in [-0.39, 0.29) is 0 Å². The molecule has 1 unspecified atom stereocenters. The molecule has 2 aliphatic carbocycles. The zero-order valence-corrected chi connectivity index (χ0v) is 10.0. The fourth-order valence-electron chi connectivity index (χ4n) is 3.09. The van der Waals surface area contributed by atoms with Crippen molar-refractivity contribution in [3.8, 4) is 0 Å². The van der Waals surface area contributed by atoms with Crippen LogP contribution in [0.4, 0.5) is 0 Å². The van der Waals surface area contributed by atoms with Crippen LogP contribution in [-0.4, -0.2) is 29.8 Å². The van der Waals surface area contributed by atoms with Crippen LogP contribution in [0.15, 0.2) is 0 Å². The Labute approximate surface area is 93.0 Å². The summed E-state index contributed by atoms with van der Waals surface area (Å²) < 4.78 is 0. The molecule has 0 spiro atoms. The second-order valence-corrected chi connectivity index (χ2v) is 5.51. The molecule has 2 aliphatic rings. The Morgan fingerprint density at radius 2 is 1.73 bits per heavy atom. The predicted molar refractivity (Wildman–Crippen MR) is 61.8 cm³/mol. The van der Waals surface area contributed by atoms with E-state index in [0.29, 0.717) is 11.8 Å². The Kier molecular flexibility index (Phi) is 3.45. The Morgan fingerprint density at radius 1 is 1.07 bits per heavy atom. The van der Waals surface area contributed by atoms with Gasteiger partial charge in [-0.25, -0.2) is 0 Å². The number of ketones is 1. The van der Waals surface area contributed by atoms with E-state index in [4.69, 9.17) is 0 Å². The third-order valence-corrected chi connectivity index (χ3v) is 4.36. The number of rotatable bonds is 2. The van der Waals surface area contributed by atoms with Crippen molar-refractivity contribution >= 4 is 5.78 Å². The van der Waals surface area contributed by atoms with E-state index in [0.717, 1.165) is 31.2 Å². The molecule has 0 radical (unpaired) electrons. The minimum atomic E-state index is 0.469. The Morgan fingerprint density at radius 3 is 2.27 bits per heavy atom. The van der Waals surface area contributed by atoms with Crippen molar-refractivity contribution in [3.05, 3.63) is 0 Å². The highest BCUT2D eigenvalue weighted by Gasteiger charge is 2.31. The van der Waals surface area contributed by atoms with Gasteiger partial charge in [-0.2, -0.15) is 0 Å². The van der Waals surface area contributed by atoms with E-state index in [1.165, 1.54) is 25.7 Å². The maximum absolute atomic E-state index is 11.3. The number of hydrogen-bond donors (Lipinski definition) is 0. The summed E-state index contributed by atoms with van der Waals surface area (Å²) >= 11 is 0. The Hall–Kier alpha value is -0.370. The summed E-state index contributed by atoms with van der Waals surface area (Å²) in [6.45, 7) is 2.36. The van der Waals surface area contributed by atoms with Gasteiger partial charge in [0, 0.05) is 24.9 Å². The smallest absolute Gasteiger partial charge is 0.134 e. The first-order valence-electron chi connectivity index (χ1n) is 6.40. The number of carbonyl (C=O) groups is 1. The number of hydrogen-bond acceptors (Lipinski definition) is 2. The minimum absolute atomic E-state index is 0.469. The highest BCUT2D eigenvalue weighted by molar-refractivity contribution is 5.81. The van der Waals surface area contributed by atoms with Gasteiger partial charge in [0.25, 0.3) is 0 Å². The van der Waals surface area contributed by atoms with Crippen LogP contribution in [0.5, 0.6) is 0 Å². The average molecular weight is 209 g/mol. The third-order valence-electron chi connectivity index (χ3n) is 4.36. The van der Waals surface area contributed by atoms with Gasteiger partial charge >= 0.3 is 0 Å². The predicted octanol–water partition coefficient (Wildman–Crippen LogP) is 2.62. The van der Waals surface area contributed by atoms with Crippen LogP contribution in [0.25, 0.3) is 0 Å². The zero-order chi connectivity index (χ0) is 10.8. The third kappa shape index (κ3) is 2.60. The molecule has 0 aromatic rings. The SMILES string of the molecule is CC1CCC(N(C)C2CCC(=O)C2)CC1. The van der Waals surface area contributed by atoms with Gasteiger partial charge in [-0.1, -0.05) is 6.92 Å². The largest absolute Gasteiger partial charge is 0.300 e.